The lowest BCUT2D eigenvalue weighted by Crippen LogP contribution is -2.46. The van der Waals surface area contributed by atoms with E-state index in [-0.39, 0.29) is 17.6 Å². The number of amides is 1. The highest BCUT2D eigenvalue weighted by Crippen LogP contribution is 2.42. The maximum atomic E-state index is 12.8. The molecule has 0 radical (unpaired) electrons. The third-order valence-corrected chi connectivity index (χ3v) is 5.52. The Morgan fingerprint density at radius 3 is 2.70 bits per heavy atom. The van der Waals surface area contributed by atoms with Crippen molar-refractivity contribution in [2.75, 3.05) is 0 Å². The first kappa shape index (κ1) is 19.6. The van der Waals surface area contributed by atoms with Crippen LogP contribution in [0.5, 0.6) is 11.5 Å². The fraction of sp³-hybridized carbons (Fsp3) is 0.409. The molecule has 1 amide bonds. The normalized spacial score (nSPS) is 18.7. The van der Waals surface area contributed by atoms with Gasteiger partial charge >= 0.3 is 0 Å². The molecule has 2 aromatic carbocycles. The molecule has 0 bridgehead atoms. The largest absolute Gasteiger partial charge is 0.487 e. The highest BCUT2D eigenvalue weighted by molar-refractivity contribution is 6.30. The second-order valence-electron chi connectivity index (χ2n) is 7.01. The molecule has 27 heavy (non-hydrogen) atoms. The maximum Gasteiger partial charge on any atom is 0.261 e. The summed E-state index contributed by atoms with van der Waals surface area (Å²) in [6.45, 7) is 6.00. The van der Waals surface area contributed by atoms with E-state index in [1.165, 1.54) is 0 Å². The summed E-state index contributed by atoms with van der Waals surface area (Å²) < 4.78 is 12.1. The average Bonchev–Trinajstić information content (AvgIpc) is 2.67. The number of rotatable bonds is 6. The van der Waals surface area contributed by atoms with Crippen LogP contribution in [0.25, 0.3) is 0 Å². The van der Waals surface area contributed by atoms with E-state index >= 15 is 0 Å². The quantitative estimate of drug-likeness (QED) is 0.731. The van der Waals surface area contributed by atoms with E-state index in [1.807, 2.05) is 24.3 Å². The van der Waals surface area contributed by atoms with Crippen LogP contribution in [0.4, 0.5) is 0 Å². The highest BCUT2D eigenvalue weighted by Gasteiger charge is 2.39. The Balaban J connectivity index is 1.75. The molecule has 5 heteroatoms. The first-order valence-electron chi connectivity index (χ1n) is 9.47. The van der Waals surface area contributed by atoms with Gasteiger partial charge in [-0.3, -0.25) is 4.79 Å². The summed E-state index contributed by atoms with van der Waals surface area (Å²) in [7, 11) is 0. The minimum atomic E-state index is -0.629. The number of halogens is 1. The van der Waals surface area contributed by atoms with Crippen LogP contribution in [0.3, 0.4) is 0 Å². The number of nitrogens with one attached hydrogen (secondary N) is 1. The number of hydrogen-bond donors (Lipinski definition) is 1. The number of carbonyl (C=O) groups is 1. The van der Waals surface area contributed by atoms with Gasteiger partial charge in [0, 0.05) is 17.0 Å². The average molecular weight is 388 g/mol. The van der Waals surface area contributed by atoms with Crippen molar-refractivity contribution in [2.45, 2.75) is 57.8 Å². The summed E-state index contributed by atoms with van der Waals surface area (Å²) >= 11 is 5.99. The lowest BCUT2D eigenvalue weighted by molar-refractivity contribution is -0.128. The molecular formula is C22H26ClNO3. The molecular weight excluding hydrogens is 362 g/mol. The fourth-order valence-corrected chi connectivity index (χ4v) is 3.70. The van der Waals surface area contributed by atoms with Gasteiger partial charge in [-0.05, 0) is 44.0 Å². The predicted octanol–water partition coefficient (Wildman–Crippen LogP) is 5.31. The van der Waals surface area contributed by atoms with Crippen molar-refractivity contribution in [3.63, 3.8) is 0 Å². The van der Waals surface area contributed by atoms with Gasteiger partial charge in [0.2, 0.25) is 0 Å². The van der Waals surface area contributed by atoms with Crippen LogP contribution in [0.1, 0.15) is 51.6 Å². The van der Waals surface area contributed by atoms with E-state index in [1.54, 1.807) is 31.2 Å². The third kappa shape index (κ3) is 4.38. The summed E-state index contributed by atoms with van der Waals surface area (Å²) in [5.74, 6) is 1.27. The van der Waals surface area contributed by atoms with Crippen molar-refractivity contribution < 1.29 is 14.3 Å². The number of hydrogen-bond acceptors (Lipinski definition) is 3. The Morgan fingerprint density at radius 1 is 1.26 bits per heavy atom. The molecule has 1 N–H and O–H groups in total. The van der Waals surface area contributed by atoms with Crippen molar-refractivity contribution in [1.29, 1.82) is 0 Å². The molecule has 0 aromatic heterocycles. The van der Waals surface area contributed by atoms with Gasteiger partial charge in [0.05, 0.1) is 6.04 Å². The summed E-state index contributed by atoms with van der Waals surface area (Å²) in [6, 6.07) is 14.9. The van der Waals surface area contributed by atoms with Crippen LogP contribution in [0.15, 0.2) is 48.5 Å². The molecule has 1 aliphatic rings. The Morgan fingerprint density at radius 2 is 2.00 bits per heavy atom. The van der Waals surface area contributed by atoms with Crippen molar-refractivity contribution in [2.24, 2.45) is 0 Å². The van der Waals surface area contributed by atoms with E-state index in [4.69, 9.17) is 21.1 Å². The number of benzene rings is 2. The summed E-state index contributed by atoms with van der Waals surface area (Å²) in [5, 5.41) is 3.73. The van der Waals surface area contributed by atoms with Gasteiger partial charge < -0.3 is 14.8 Å². The summed E-state index contributed by atoms with van der Waals surface area (Å²) in [4.78, 5) is 12.8. The van der Waals surface area contributed by atoms with Crippen LogP contribution in [-0.4, -0.2) is 17.6 Å². The van der Waals surface area contributed by atoms with Crippen LogP contribution < -0.4 is 14.8 Å². The first-order valence-corrected chi connectivity index (χ1v) is 9.84. The lowest BCUT2D eigenvalue weighted by atomic mass is 9.83. The molecule has 0 saturated carbocycles. The van der Waals surface area contributed by atoms with Gasteiger partial charge in [0.25, 0.3) is 5.91 Å². The Kier molecular flexibility index (Phi) is 5.95. The maximum absolute atomic E-state index is 12.8. The van der Waals surface area contributed by atoms with Gasteiger partial charge in [0.1, 0.15) is 17.1 Å². The summed E-state index contributed by atoms with van der Waals surface area (Å²) in [6.07, 6.45) is 1.89. The number of carbonyl (C=O) groups excluding carboxylic acids is 1. The molecule has 0 unspecified atom stereocenters. The molecule has 1 heterocycles. The zero-order chi connectivity index (χ0) is 19.4. The number of fused-ring (bicyclic) bond motifs is 1. The van der Waals surface area contributed by atoms with Crippen molar-refractivity contribution in [3.05, 3.63) is 59.1 Å². The molecule has 0 fully saturated rings. The van der Waals surface area contributed by atoms with E-state index < -0.39 is 6.10 Å². The molecule has 1 aliphatic heterocycles. The van der Waals surface area contributed by atoms with Crippen molar-refractivity contribution >= 4 is 17.5 Å². The molecule has 144 valence electrons. The standard InChI is InChI=1S/C22H26ClNO3/c1-4-22(5-2)14-19(18-11-6-7-12-20(18)27-22)24-21(25)15(3)26-17-10-8-9-16(23)13-17/h6-13,15,19H,4-5,14H2,1-3H3,(H,24,25)/t15-,19-/m1/s1. The Bertz CT molecular complexity index is 804. The second kappa shape index (κ2) is 8.22. The smallest absolute Gasteiger partial charge is 0.261 e. The monoisotopic (exact) mass is 387 g/mol. The molecule has 0 spiro atoms. The van der Waals surface area contributed by atoms with Crippen LogP contribution in [-0.2, 0) is 4.79 Å². The van der Waals surface area contributed by atoms with Crippen molar-refractivity contribution in [1.82, 2.24) is 5.32 Å². The minimum absolute atomic E-state index is 0.104. The SMILES string of the molecule is CCC1(CC)C[C@@H](NC(=O)[C@@H](C)Oc2cccc(Cl)c2)c2ccccc2O1. The molecule has 2 atom stereocenters. The first-order chi connectivity index (χ1) is 13.0. The van der Waals surface area contributed by atoms with Crippen LogP contribution in [0, 0.1) is 0 Å². The molecule has 4 nitrogen and oxygen atoms in total. The van der Waals surface area contributed by atoms with Gasteiger partial charge in [-0.15, -0.1) is 0 Å². The van der Waals surface area contributed by atoms with Crippen LogP contribution >= 0.6 is 11.6 Å². The lowest BCUT2D eigenvalue weighted by Gasteiger charge is -2.41. The van der Waals surface area contributed by atoms with E-state index in [0.717, 1.165) is 30.6 Å². The third-order valence-electron chi connectivity index (χ3n) is 5.28. The van der Waals surface area contributed by atoms with Gasteiger partial charge in [-0.25, -0.2) is 0 Å². The van der Waals surface area contributed by atoms with Crippen LogP contribution in [0.2, 0.25) is 5.02 Å². The number of ether oxygens (including phenoxy) is 2. The topological polar surface area (TPSA) is 47.6 Å². The molecule has 2 aromatic rings. The van der Waals surface area contributed by atoms with Crippen molar-refractivity contribution in [3.8, 4) is 11.5 Å². The zero-order valence-electron chi connectivity index (χ0n) is 16.0. The van der Waals surface area contributed by atoms with Gasteiger partial charge in [-0.1, -0.05) is 49.7 Å². The minimum Gasteiger partial charge on any atom is -0.487 e. The Hall–Kier alpha value is -2.20. The highest BCUT2D eigenvalue weighted by atomic mass is 35.5. The van der Waals surface area contributed by atoms with Gasteiger partial charge in [-0.2, -0.15) is 0 Å². The molecule has 3 rings (SSSR count). The van der Waals surface area contributed by atoms with Gasteiger partial charge in [0.15, 0.2) is 6.10 Å². The zero-order valence-corrected chi connectivity index (χ0v) is 16.8. The fourth-order valence-electron chi connectivity index (χ4n) is 3.52. The predicted molar refractivity (Wildman–Crippen MR) is 107 cm³/mol. The number of para-hydroxylation sites is 1. The Labute approximate surface area is 165 Å². The summed E-state index contributed by atoms with van der Waals surface area (Å²) in [5.41, 5.74) is 0.752. The van der Waals surface area contributed by atoms with E-state index in [0.29, 0.717) is 10.8 Å². The molecule has 0 aliphatic carbocycles. The van der Waals surface area contributed by atoms with E-state index in [2.05, 4.69) is 19.2 Å². The van der Waals surface area contributed by atoms with E-state index in [9.17, 15) is 4.79 Å². The second-order valence-corrected chi connectivity index (χ2v) is 7.45. The molecule has 0 saturated heterocycles.